The fourth-order valence-corrected chi connectivity index (χ4v) is 1.82. The fraction of sp³-hybridized carbons (Fsp3) is 0.909. The van der Waals surface area contributed by atoms with Crippen molar-refractivity contribution in [2.75, 3.05) is 26.2 Å². The normalized spacial score (nSPS) is 23.5. The van der Waals surface area contributed by atoms with Crippen LogP contribution in [0.25, 0.3) is 0 Å². The number of aliphatic hydroxyl groups is 1. The highest BCUT2D eigenvalue weighted by Crippen LogP contribution is 2.10. The monoisotopic (exact) mass is 214 g/mol. The highest BCUT2D eigenvalue weighted by Gasteiger charge is 2.20. The number of carbonyl (C=O) groups excluding carboxylic acids is 1. The third-order valence-corrected chi connectivity index (χ3v) is 2.91. The molecule has 0 aromatic heterocycles. The van der Waals surface area contributed by atoms with Crippen LogP contribution in [-0.2, 0) is 4.79 Å². The molecule has 88 valence electrons. The van der Waals surface area contributed by atoms with Crippen LogP contribution in [0.1, 0.15) is 26.2 Å². The molecule has 0 aliphatic carbocycles. The Morgan fingerprint density at radius 2 is 2.47 bits per heavy atom. The summed E-state index contributed by atoms with van der Waals surface area (Å²) >= 11 is 0. The van der Waals surface area contributed by atoms with Gasteiger partial charge in [-0.2, -0.15) is 0 Å². The Hall–Kier alpha value is -0.610. The summed E-state index contributed by atoms with van der Waals surface area (Å²) < 4.78 is 0. The number of amides is 1. The van der Waals surface area contributed by atoms with Crippen molar-refractivity contribution in [1.82, 2.24) is 10.6 Å². The zero-order valence-corrected chi connectivity index (χ0v) is 9.46. The quantitative estimate of drug-likeness (QED) is 0.609. The molecule has 1 saturated heterocycles. The molecule has 0 aromatic carbocycles. The van der Waals surface area contributed by atoms with E-state index in [-0.39, 0.29) is 18.4 Å². The van der Waals surface area contributed by atoms with Crippen molar-refractivity contribution in [3.05, 3.63) is 0 Å². The van der Waals surface area contributed by atoms with Gasteiger partial charge in [-0.3, -0.25) is 4.79 Å². The van der Waals surface area contributed by atoms with E-state index in [1.807, 2.05) is 6.92 Å². The van der Waals surface area contributed by atoms with Crippen molar-refractivity contribution < 1.29 is 9.90 Å². The van der Waals surface area contributed by atoms with Gasteiger partial charge in [-0.1, -0.05) is 6.92 Å². The molecule has 1 heterocycles. The topological polar surface area (TPSA) is 61.4 Å². The molecular weight excluding hydrogens is 192 g/mol. The van der Waals surface area contributed by atoms with E-state index in [1.54, 1.807) is 0 Å². The van der Waals surface area contributed by atoms with E-state index in [2.05, 4.69) is 10.6 Å². The molecule has 0 spiro atoms. The van der Waals surface area contributed by atoms with E-state index in [0.29, 0.717) is 12.5 Å². The third kappa shape index (κ3) is 4.62. The third-order valence-electron chi connectivity index (χ3n) is 2.91. The molecule has 0 aromatic rings. The highest BCUT2D eigenvalue weighted by molar-refractivity contribution is 5.78. The van der Waals surface area contributed by atoms with Gasteiger partial charge < -0.3 is 15.7 Å². The van der Waals surface area contributed by atoms with E-state index in [0.717, 1.165) is 32.4 Å². The Labute approximate surface area is 91.4 Å². The molecule has 1 amide bonds. The van der Waals surface area contributed by atoms with Crippen LogP contribution < -0.4 is 10.6 Å². The molecule has 1 rings (SSSR count). The summed E-state index contributed by atoms with van der Waals surface area (Å²) in [4.78, 5) is 11.7. The number of hydrogen-bond donors (Lipinski definition) is 3. The summed E-state index contributed by atoms with van der Waals surface area (Å²) in [6.45, 7) is 4.75. The van der Waals surface area contributed by atoms with Crippen molar-refractivity contribution in [2.45, 2.75) is 26.2 Å². The largest absolute Gasteiger partial charge is 0.396 e. The smallest absolute Gasteiger partial charge is 0.224 e. The van der Waals surface area contributed by atoms with Gasteiger partial charge in [0.15, 0.2) is 0 Å². The first kappa shape index (κ1) is 12.5. The maximum Gasteiger partial charge on any atom is 0.224 e. The molecule has 2 atom stereocenters. The lowest BCUT2D eigenvalue weighted by atomic mass is 9.98. The van der Waals surface area contributed by atoms with Crippen molar-refractivity contribution in [1.29, 1.82) is 0 Å². The number of nitrogens with one attached hydrogen (secondary N) is 2. The Kier molecular flexibility index (Phi) is 5.65. The maximum absolute atomic E-state index is 11.7. The van der Waals surface area contributed by atoms with Crippen molar-refractivity contribution in [3.63, 3.8) is 0 Å². The molecule has 4 nitrogen and oxygen atoms in total. The summed E-state index contributed by atoms with van der Waals surface area (Å²) in [5.74, 6) is 0.655. The summed E-state index contributed by atoms with van der Waals surface area (Å²) in [6, 6.07) is 0. The van der Waals surface area contributed by atoms with E-state index < -0.39 is 0 Å². The molecule has 3 N–H and O–H groups in total. The number of rotatable bonds is 5. The van der Waals surface area contributed by atoms with E-state index >= 15 is 0 Å². The van der Waals surface area contributed by atoms with Gasteiger partial charge in [0.05, 0.1) is 5.92 Å². The lowest BCUT2D eigenvalue weighted by Crippen LogP contribution is -2.41. The molecule has 2 unspecified atom stereocenters. The van der Waals surface area contributed by atoms with Crippen LogP contribution in [0.4, 0.5) is 0 Å². The van der Waals surface area contributed by atoms with Crippen LogP contribution in [0.15, 0.2) is 0 Å². The average Bonchev–Trinajstić information content (AvgIpc) is 2.27. The van der Waals surface area contributed by atoms with Crippen LogP contribution in [0.3, 0.4) is 0 Å². The zero-order valence-electron chi connectivity index (χ0n) is 9.46. The Bertz CT molecular complexity index is 191. The summed E-state index contributed by atoms with van der Waals surface area (Å²) in [5.41, 5.74) is 0. The van der Waals surface area contributed by atoms with Gasteiger partial charge in [0.25, 0.3) is 0 Å². The van der Waals surface area contributed by atoms with E-state index in [9.17, 15) is 4.79 Å². The van der Waals surface area contributed by atoms with Crippen LogP contribution in [0, 0.1) is 11.8 Å². The molecule has 4 heteroatoms. The van der Waals surface area contributed by atoms with Crippen LogP contribution in [0.2, 0.25) is 0 Å². The van der Waals surface area contributed by atoms with Crippen LogP contribution in [-0.4, -0.2) is 37.3 Å². The molecular formula is C11H22N2O2. The Balaban J connectivity index is 2.16. The van der Waals surface area contributed by atoms with Gasteiger partial charge in [-0.15, -0.1) is 0 Å². The Morgan fingerprint density at radius 1 is 1.67 bits per heavy atom. The molecule has 15 heavy (non-hydrogen) atoms. The second-order valence-electron chi connectivity index (χ2n) is 4.41. The van der Waals surface area contributed by atoms with Gasteiger partial charge >= 0.3 is 0 Å². The van der Waals surface area contributed by atoms with Crippen molar-refractivity contribution in [3.8, 4) is 0 Å². The molecule has 0 bridgehead atoms. The van der Waals surface area contributed by atoms with Gasteiger partial charge in [0.1, 0.15) is 0 Å². The number of carbonyl (C=O) groups is 1. The summed E-state index contributed by atoms with van der Waals surface area (Å²) in [6.07, 6.45) is 2.83. The lowest BCUT2D eigenvalue weighted by molar-refractivity contribution is -0.125. The van der Waals surface area contributed by atoms with E-state index in [4.69, 9.17) is 5.11 Å². The molecule has 1 aliphatic rings. The fourth-order valence-electron chi connectivity index (χ4n) is 1.82. The lowest BCUT2D eigenvalue weighted by Gasteiger charge is -2.22. The standard InChI is InChI=1S/C11H22N2O2/c1-9(4-6-14)7-13-11(15)10-3-2-5-12-8-10/h9-10,12,14H,2-8H2,1H3,(H,13,15). The molecule has 0 radical (unpaired) electrons. The summed E-state index contributed by atoms with van der Waals surface area (Å²) in [5, 5.41) is 14.9. The first-order valence-electron chi connectivity index (χ1n) is 5.83. The van der Waals surface area contributed by atoms with Gasteiger partial charge in [-0.25, -0.2) is 0 Å². The van der Waals surface area contributed by atoms with Gasteiger partial charge in [0, 0.05) is 19.7 Å². The first-order chi connectivity index (χ1) is 7.24. The number of aliphatic hydroxyl groups excluding tert-OH is 1. The molecule has 1 aliphatic heterocycles. The highest BCUT2D eigenvalue weighted by atomic mass is 16.3. The van der Waals surface area contributed by atoms with Crippen LogP contribution >= 0.6 is 0 Å². The maximum atomic E-state index is 11.7. The van der Waals surface area contributed by atoms with Crippen molar-refractivity contribution >= 4 is 5.91 Å². The SMILES string of the molecule is CC(CCO)CNC(=O)C1CCCNC1. The second-order valence-corrected chi connectivity index (χ2v) is 4.41. The number of hydrogen-bond acceptors (Lipinski definition) is 3. The summed E-state index contributed by atoms with van der Waals surface area (Å²) in [7, 11) is 0. The van der Waals surface area contributed by atoms with Gasteiger partial charge in [0.2, 0.25) is 5.91 Å². The zero-order chi connectivity index (χ0) is 11.1. The molecule has 0 saturated carbocycles. The molecule has 1 fully saturated rings. The number of piperidine rings is 1. The average molecular weight is 214 g/mol. The predicted octanol–water partition coefficient (Wildman–Crippen LogP) is 0.121. The predicted molar refractivity (Wildman–Crippen MR) is 59.5 cm³/mol. The minimum absolute atomic E-state index is 0.139. The minimum Gasteiger partial charge on any atom is -0.396 e. The minimum atomic E-state index is 0.139. The van der Waals surface area contributed by atoms with Crippen molar-refractivity contribution in [2.24, 2.45) is 11.8 Å². The Morgan fingerprint density at radius 3 is 3.07 bits per heavy atom. The first-order valence-corrected chi connectivity index (χ1v) is 5.83. The van der Waals surface area contributed by atoms with E-state index in [1.165, 1.54) is 0 Å². The van der Waals surface area contributed by atoms with Crippen LogP contribution in [0.5, 0.6) is 0 Å². The van der Waals surface area contributed by atoms with Gasteiger partial charge in [-0.05, 0) is 31.7 Å². The second kappa shape index (κ2) is 6.80.